The number of aromatic nitrogens is 2. The number of hydrogen-bond acceptors (Lipinski definition) is 3. The zero-order chi connectivity index (χ0) is 16.1. The first-order valence-corrected chi connectivity index (χ1v) is 7.19. The molecule has 23 heavy (non-hydrogen) atoms. The van der Waals surface area contributed by atoms with E-state index in [-0.39, 0.29) is 5.82 Å². The van der Waals surface area contributed by atoms with Crippen LogP contribution in [0.3, 0.4) is 0 Å². The maximum atomic E-state index is 12.9. The van der Waals surface area contributed by atoms with Crippen LogP contribution >= 0.6 is 0 Å². The van der Waals surface area contributed by atoms with Crippen LogP contribution in [0, 0.1) is 17.1 Å². The molecule has 3 rings (SSSR count). The van der Waals surface area contributed by atoms with Crippen molar-refractivity contribution in [3.05, 3.63) is 66.6 Å². The van der Waals surface area contributed by atoms with Crippen LogP contribution in [0.25, 0.3) is 11.3 Å². The molecule has 114 valence electrons. The van der Waals surface area contributed by atoms with Gasteiger partial charge in [-0.25, -0.2) is 4.39 Å². The minimum Gasteiger partial charge on any atom is -0.457 e. The van der Waals surface area contributed by atoms with E-state index in [9.17, 15) is 4.39 Å². The van der Waals surface area contributed by atoms with Crippen LogP contribution in [-0.4, -0.2) is 9.78 Å². The quantitative estimate of drug-likeness (QED) is 0.702. The third-order valence-electron chi connectivity index (χ3n) is 3.35. The van der Waals surface area contributed by atoms with Gasteiger partial charge in [0, 0.05) is 11.8 Å². The first kappa shape index (κ1) is 14.8. The Hall–Kier alpha value is -3.13. The average molecular weight is 307 g/mol. The lowest BCUT2D eigenvalue weighted by molar-refractivity contribution is 0.480. The Balaban J connectivity index is 1.76. The smallest absolute Gasteiger partial charge is 0.127 e. The second-order valence-electron chi connectivity index (χ2n) is 4.93. The van der Waals surface area contributed by atoms with E-state index in [4.69, 9.17) is 10.00 Å². The predicted octanol–water partition coefficient (Wildman–Crippen LogP) is 4.40. The van der Waals surface area contributed by atoms with Crippen molar-refractivity contribution in [3.8, 4) is 28.8 Å². The summed E-state index contributed by atoms with van der Waals surface area (Å²) in [4.78, 5) is 0. The molecule has 0 fully saturated rings. The predicted molar refractivity (Wildman–Crippen MR) is 84.4 cm³/mol. The minimum atomic E-state index is -0.293. The van der Waals surface area contributed by atoms with Gasteiger partial charge in [-0.15, -0.1) is 0 Å². The summed E-state index contributed by atoms with van der Waals surface area (Å²) in [7, 11) is 0. The molecule has 0 atom stereocenters. The SMILES string of the molecule is N#CCCn1nccc1-c1ccc(Oc2ccc(F)cc2)cc1. The van der Waals surface area contributed by atoms with Crippen molar-refractivity contribution in [3.63, 3.8) is 0 Å². The summed E-state index contributed by atoms with van der Waals surface area (Å²) in [5, 5.41) is 12.9. The Bertz CT molecular complexity index is 817. The lowest BCUT2D eigenvalue weighted by Gasteiger charge is -2.08. The topological polar surface area (TPSA) is 50.8 Å². The number of rotatable bonds is 5. The van der Waals surface area contributed by atoms with Gasteiger partial charge in [-0.1, -0.05) is 0 Å². The Kier molecular flexibility index (Phi) is 4.34. The molecule has 0 saturated heterocycles. The Labute approximate surface area is 133 Å². The van der Waals surface area contributed by atoms with Gasteiger partial charge in [0.05, 0.1) is 24.7 Å². The fourth-order valence-corrected chi connectivity index (χ4v) is 2.24. The molecule has 5 heteroatoms. The fraction of sp³-hybridized carbons (Fsp3) is 0.111. The van der Waals surface area contributed by atoms with Crippen LogP contribution in [0.2, 0.25) is 0 Å². The molecule has 1 aromatic heterocycles. The van der Waals surface area contributed by atoms with Crippen LogP contribution in [0.4, 0.5) is 4.39 Å². The normalized spacial score (nSPS) is 10.3. The first-order valence-electron chi connectivity index (χ1n) is 7.19. The van der Waals surface area contributed by atoms with Crippen LogP contribution in [-0.2, 0) is 6.54 Å². The van der Waals surface area contributed by atoms with Crippen molar-refractivity contribution in [1.82, 2.24) is 9.78 Å². The average Bonchev–Trinajstić information content (AvgIpc) is 3.04. The van der Waals surface area contributed by atoms with Gasteiger partial charge in [0.15, 0.2) is 0 Å². The zero-order valence-corrected chi connectivity index (χ0v) is 12.3. The van der Waals surface area contributed by atoms with E-state index in [2.05, 4.69) is 11.2 Å². The standard InChI is InChI=1S/C18H14FN3O/c19-15-4-8-17(9-5-15)23-16-6-2-14(3-7-16)18-10-12-21-22(18)13-1-11-20/h2-10,12H,1,13H2. The molecule has 0 spiro atoms. The molecule has 0 aliphatic carbocycles. The molecule has 0 aliphatic heterocycles. The number of nitriles is 1. The first-order chi connectivity index (χ1) is 11.3. The van der Waals surface area contributed by atoms with E-state index in [1.54, 1.807) is 23.0 Å². The molecule has 0 bridgehead atoms. The second-order valence-corrected chi connectivity index (χ2v) is 4.93. The molecule has 0 radical (unpaired) electrons. The lowest BCUT2D eigenvalue weighted by atomic mass is 10.1. The molecular weight excluding hydrogens is 293 g/mol. The summed E-state index contributed by atoms with van der Waals surface area (Å²) >= 11 is 0. The minimum absolute atomic E-state index is 0.293. The number of hydrogen-bond donors (Lipinski definition) is 0. The van der Waals surface area contributed by atoms with E-state index in [0.717, 1.165) is 11.3 Å². The van der Waals surface area contributed by atoms with Gasteiger partial charge in [-0.3, -0.25) is 4.68 Å². The molecule has 3 aromatic rings. The van der Waals surface area contributed by atoms with E-state index in [1.165, 1.54) is 12.1 Å². The van der Waals surface area contributed by atoms with Crippen LogP contribution in [0.5, 0.6) is 11.5 Å². The number of halogens is 1. The summed E-state index contributed by atoms with van der Waals surface area (Å²) < 4.78 is 20.4. The maximum Gasteiger partial charge on any atom is 0.127 e. The maximum absolute atomic E-state index is 12.9. The summed E-state index contributed by atoms with van der Waals surface area (Å²) in [6.45, 7) is 0.562. The van der Waals surface area contributed by atoms with Crippen molar-refractivity contribution in [2.24, 2.45) is 0 Å². The van der Waals surface area contributed by atoms with Gasteiger partial charge in [-0.2, -0.15) is 10.4 Å². The summed E-state index contributed by atoms with van der Waals surface area (Å²) in [6, 6.07) is 17.5. The van der Waals surface area contributed by atoms with E-state index < -0.39 is 0 Å². The highest BCUT2D eigenvalue weighted by atomic mass is 19.1. The van der Waals surface area contributed by atoms with E-state index in [0.29, 0.717) is 24.5 Å². The molecule has 2 aromatic carbocycles. The molecular formula is C18H14FN3O. The van der Waals surface area contributed by atoms with E-state index >= 15 is 0 Å². The number of ether oxygens (including phenoxy) is 1. The summed E-state index contributed by atoms with van der Waals surface area (Å²) in [6.07, 6.45) is 2.13. The van der Waals surface area contributed by atoms with Crippen LogP contribution in [0.1, 0.15) is 6.42 Å². The third kappa shape index (κ3) is 3.55. The van der Waals surface area contributed by atoms with Crippen molar-refractivity contribution in [2.45, 2.75) is 13.0 Å². The molecule has 0 N–H and O–H groups in total. The second kappa shape index (κ2) is 6.75. The highest BCUT2D eigenvalue weighted by Gasteiger charge is 2.06. The number of nitrogens with zero attached hydrogens (tertiary/aromatic N) is 3. The fourth-order valence-electron chi connectivity index (χ4n) is 2.24. The van der Waals surface area contributed by atoms with Crippen molar-refractivity contribution >= 4 is 0 Å². The molecule has 4 nitrogen and oxygen atoms in total. The van der Waals surface area contributed by atoms with Crippen LogP contribution in [0.15, 0.2) is 60.8 Å². The largest absolute Gasteiger partial charge is 0.457 e. The van der Waals surface area contributed by atoms with Gasteiger partial charge in [-0.05, 0) is 54.6 Å². The van der Waals surface area contributed by atoms with Gasteiger partial charge in [0.25, 0.3) is 0 Å². The Morgan fingerprint density at radius 2 is 1.65 bits per heavy atom. The molecule has 1 heterocycles. The number of benzene rings is 2. The van der Waals surface area contributed by atoms with Crippen molar-refractivity contribution in [2.75, 3.05) is 0 Å². The summed E-state index contributed by atoms with van der Waals surface area (Å²) in [5.74, 6) is 0.958. The zero-order valence-electron chi connectivity index (χ0n) is 12.3. The molecule has 0 aliphatic rings. The van der Waals surface area contributed by atoms with E-state index in [1.807, 2.05) is 30.3 Å². The highest BCUT2D eigenvalue weighted by molar-refractivity contribution is 5.60. The Morgan fingerprint density at radius 3 is 2.30 bits per heavy atom. The van der Waals surface area contributed by atoms with Gasteiger partial charge < -0.3 is 4.74 Å². The third-order valence-corrected chi connectivity index (χ3v) is 3.35. The monoisotopic (exact) mass is 307 g/mol. The van der Waals surface area contributed by atoms with Crippen molar-refractivity contribution in [1.29, 1.82) is 5.26 Å². The Morgan fingerprint density at radius 1 is 1.00 bits per heavy atom. The highest BCUT2D eigenvalue weighted by Crippen LogP contribution is 2.26. The number of aryl methyl sites for hydroxylation is 1. The molecule has 0 saturated carbocycles. The lowest BCUT2D eigenvalue weighted by Crippen LogP contribution is -2.01. The molecule has 0 amide bonds. The van der Waals surface area contributed by atoms with Gasteiger partial charge in [0.1, 0.15) is 17.3 Å². The molecule has 0 unspecified atom stereocenters. The van der Waals surface area contributed by atoms with Gasteiger partial charge >= 0.3 is 0 Å². The van der Waals surface area contributed by atoms with Crippen LogP contribution < -0.4 is 4.74 Å². The van der Waals surface area contributed by atoms with Crippen molar-refractivity contribution < 1.29 is 9.13 Å². The van der Waals surface area contributed by atoms with Gasteiger partial charge in [0.2, 0.25) is 0 Å². The summed E-state index contributed by atoms with van der Waals surface area (Å²) in [5.41, 5.74) is 1.94.